The molecule has 0 spiro atoms. The van der Waals surface area contributed by atoms with Crippen LogP contribution in [0.15, 0.2) is 48.5 Å². The first-order valence-electron chi connectivity index (χ1n) is 12.0. The quantitative estimate of drug-likeness (QED) is 0.451. The molecule has 35 heavy (non-hydrogen) atoms. The first-order valence-corrected chi connectivity index (χ1v) is 13.2. The molecule has 0 bridgehead atoms. The Morgan fingerprint density at radius 2 is 1.94 bits per heavy atom. The minimum Gasteiger partial charge on any atom is -0.487 e. The van der Waals surface area contributed by atoms with Crippen molar-refractivity contribution in [2.75, 3.05) is 19.3 Å². The molecule has 3 aliphatic heterocycles. The fraction of sp³-hybridized carbons (Fsp3) is 0.423. The number of piperidine rings is 2. The monoisotopic (exact) mass is 494 g/mol. The lowest BCUT2D eigenvalue weighted by Crippen LogP contribution is -2.53. The second-order valence-corrected chi connectivity index (χ2v) is 9.96. The van der Waals surface area contributed by atoms with E-state index < -0.39 is 11.9 Å². The molecule has 2 saturated heterocycles. The molecule has 0 saturated carbocycles. The Balaban J connectivity index is 1.28. The number of ether oxygens (including phenoxy) is 1. The van der Waals surface area contributed by atoms with Crippen LogP contribution >= 0.6 is 11.9 Å². The summed E-state index contributed by atoms with van der Waals surface area (Å²) < 4.78 is 9.98. The van der Waals surface area contributed by atoms with Gasteiger partial charge in [-0.25, -0.2) is 0 Å². The molecule has 2 N–H and O–H groups in total. The SMILES string of the molecule is CSNC1CCN(Cc2ccccc2)CC1Oc1ccc2c(c1)CN(C1CCC(=O)NC1=O)C2=O. The minimum atomic E-state index is -0.614. The number of hydrogen-bond donors (Lipinski definition) is 2. The lowest BCUT2D eigenvalue weighted by atomic mass is 10.0. The molecule has 0 radical (unpaired) electrons. The van der Waals surface area contributed by atoms with Gasteiger partial charge >= 0.3 is 0 Å². The molecule has 3 heterocycles. The van der Waals surface area contributed by atoms with Gasteiger partial charge in [0.15, 0.2) is 0 Å². The van der Waals surface area contributed by atoms with E-state index in [1.807, 2.05) is 24.5 Å². The second-order valence-electron chi connectivity index (χ2n) is 9.31. The number of hydrogen-bond acceptors (Lipinski definition) is 7. The van der Waals surface area contributed by atoms with Crippen LogP contribution in [0.2, 0.25) is 0 Å². The van der Waals surface area contributed by atoms with Gasteiger partial charge in [-0.15, -0.1) is 0 Å². The van der Waals surface area contributed by atoms with E-state index in [0.29, 0.717) is 18.5 Å². The molecule has 3 amide bonds. The van der Waals surface area contributed by atoms with Crippen LogP contribution in [0.4, 0.5) is 0 Å². The molecule has 0 aliphatic carbocycles. The van der Waals surface area contributed by atoms with Crippen LogP contribution in [-0.4, -0.2) is 65.1 Å². The molecule has 184 valence electrons. The second kappa shape index (κ2) is 10.4. The van der Waals surface area contributed by atoms with Crippen molar-refractivity contribution in [2.24, 2.45) is 0 Å². The standard InChI is InChI=1S/C26H30N4O4S/c1-35-28-21-11-12-29(14-17-5-3-2-4-6-17)16-23(21)34-19-7-8-20-18(13-19)15-30(26(20)33)22-9-10-24(31)27-25(22)32/h2-8,13,21-23,28H,9-12,14-16H2,1H3,(H,27,31,32). The maximum absolute atomic E-state index is 13.0. The van der Waals surface area contributed by atoms with Crippen molar-refractivity contribution in [3.63, 3.8) is 0 Å². The average Bonchev–Trinajstić information content (AvgIpc) is 3.17. The predicted molar refractivity (Wildman–Crippen MR) is 134 cm³/mol. The highest BCUT2D eigenvalue weighted by molar-refractivity contribution is 7.96. The number of imide groups is 1. The van der Waals surface area contributed by atoms with Crippen LogP contribution in [0.1, 0.15) is 40.7 Å². The van der Waals surface area contributed by atoms with E-state index in [9.17, 15) is 14.4 Å². The third kappa shape index (κ3) is 5.22. The van der Waals surface area contributed by atoms with E-state index in [4.69, 9.17) is 4.74 Å². The number of nitrogens with zero attached hydrogens (tertiary/aromatic N) is 2. The van der Waals surface area contributed by atoms with Crippen molar-refractivity contribution >= 4 is 29.7 Å². The van der Waals surface area contributed by atoms with Crippen molar-refractivity contribution in [1.82, 2.24) is 19.8 Å². The molecule has 8 nitrogen and oxygen atoms in total. The van der Waals surface area contributed by atoms with E-state index in [0.717, 1.165) is 37.4 Å². The third-order valence-electron chi connectivity index (χ3n) is 6.94. The summed E-state index contributed by atoms with van der Waals surface area (Å²) in [4.78, 5) is 40.8. The Labute approximate surface area is 209 Å². The lowest BCUT2D eigenvalue weighted by molar-refractivity contribution is -0.136. The first kappa shape index (κ1) is 23.8. The zero-order chi connectivity index (χ0) is 24.4. The van der Waals surface area contributed by atoms with E-state index in [2.05, 4.69) is 39.2 Å². The molecule has 3 aliphatic rings. The Morgan fingerprint density at radius 3 is 2.71 bits per heavy atom. The first-order chi connectivity index (χ1) is 17.0. The maximum atomic E-state index is 13.0. The zero-order valence-electron chi connectivity index (χ0n) is 19.7. The number of carbonyl (C=O) groups excluding carboxylic acids is 3. The van der Waals surface area contributed by atoms with Crippen molar-refractivity contribution < 1.29 is 19.1 Å². The van der Waals surface area contributed by atoms with E-state index in [1.54, 1.807) is 22.9 Å². The Bertz CT molecular complexity index is 1110. The lowest BCUT2D eigenvalue weighted by Gasteiger charge is -2.38. The van der Waals surface area contributed by atoms with Crippen molar-refractivity contribution in [3.8, 4) is 5.75 Å². The van der Waals surface area contributed by atoms with Gasteiger partial charge in [0, 0.05) is 38.2 Å². The van der Waals surface area contributed by atoms with Crippen LogP contribution in [0.25, 0.3) is 0 Å². The van der Waals surface area contributed by atoms with Crippen LogP contribution < -0.4 is 14.8 Å². The van der Waals surface area contributed by atoms with Gasteiger partial charge in [-0.05, 0) is 48.4 Å². The van der Waals surface area contributed by atoms with Gasteiger partial charge in [-0.2, -0.15) is 0 Å². The molecular weight excluding hydrogens is 464 g/mol. The molecule has 0 aromatic heterocycles. The average molecular weight is 495 g/mol. The van der Waals surface area contributed by atoms with Gasteiger partial charge in [0.1, 0.15) is 17.9 Å². The van der Waals surface area contributed by atoms with Gasteiger partial charge in [-0.1, -0.05) is 42.3 Å². The van der Waals surface area contributed by atoms with Crippen LogP contribution in [0.3, 0.4) is 0 Å². The number of rotatable bonds is 7. The predicted octanol–water partition coefficient (Wildman–Crippen LogP) is 2.34. The molecule has 9 heteroatoms. The van der Waals surface area contributed by atoms with Crippen LogP contribution in [0.5, 0.6) is 5.75 Å². The molecule has 5 rings (SSSR count). The van der Waals surface area contributed by atoms with Gasteiger partial charge < -0.3 is 9.64 Å². The Morgan fingerprint density at radius 1 is 1.11 bits per heavy atom. The van der Waals surface area contributed by atoms with Crippen LogP contribution in [-0.2, 0) is 22.7 Å². The Hall–Kier alpha value is -2.88. The summed E-state index contributed by atoms with van der Waals surface area (Å²) in [6.45, 7) is 3.01. The van der Waals surface area contributed by atoms with Crippen molar-refractivity contribution in [3.05, 3.63) is 65.2 Å². The molecule has 2 aromatic rings. The number of nitrogens with one attached hydrogen (secondary N) is 2. The summed E-state index contributed by atoms with van der Waals surface area (Å²) >= 11 is 1.60. The summed E-state index contributed by atoms with van der Waals surface area (Å²) in [5.41, 5.74) is 2.73. The highest BCUT2D eigenvalue weighted by Crippen LogP contribution is 2.31. The number of fused-ring (bicyclic) bond motifs is 1. The largest absolute Gasteiger partial charge is 0.487 e. The number of amides is 3. The maximum Gasteiger partial charge on any atom is 0.255 e. The van der Waals surface area contributed by atoms with Gasteiger partial charge in [-0.3, -0.25) is 29.3 Å². The summed E-state index contributed by atoms with van der Waals surface area (Å²) in [6, 6.07) is 15.6. The third-order valence-corrected chi connectivity index (χ3v) is 7.48. The molecule has 2 aromatic carbocycles. The summed E-state index contributed by atoms with van der Waals surface area (Å²) in [5, 5.41) is 2.35. The highest BCUT2D eigenvalue weighted by Gasteiger charge is 2.39. The number of carbonyl (C=O) groups is 3. The van der Waals surface area contributed by atoms with Gasteiger partial charge in [0.25, 0.3) is 5.91 Å². The summed E-state index contributed by atoms with van der Waals surface area (Å²) in [6.07, 6.45) is 3.56. The highest BCUT2D eigenvalue weighted by atomic mass is 32.2. The normalized spacial score (nSPS) is 24.9. The number of likely N-dealkylation sites (tertiary alicyclic amines) is 1. The van der Waals surface area contributed by atoms with E-state index in [-0.39, 0.29) is 30.4 Å². The topological polar surface area (TPSA) is 91.0 Å². The molecular formula is C26H30N4O4S. The van der Waals surface area contributed by atoms with Crippen molar-refractivity contribution in [1.29, 1.82) is 0 Å². The molecule has 3 atom stereocenters. The van der Waals surface area contributed by atoms with Gasteiger partial charge in [0.2, 0.25) is 11.8 Å². The number of benzene rings is 2. The van der Waals surface area contributed by atoms with Gasteiger partial charge in [0.05, 0.1) is 6.04 Å². The molecule has 3 unspecified atom stereocenters. The molecule has 2 fully saturated rings. The zero-order valence-corrected chi connectivity index (χ0v) is 20.6. The fourth-order valence-electron chi connectivity index (χ4n) is 5.17. The summed E-state index contributed by atoms with van der Waals surface area (Å²) in [5.74, 6) is -0.130. The van der Waals surface area contributed by atoms with Crippen molar-refractivity contribution in [2.45, 2.75) is 50.5 Å². The Kier molecular flexibility index (Phi) is 7.08. The van der Waals surface area contributed by atoms with E-state index in [1.165, 1.54) is 5.56 Å². The minimum absolute atomic E-state index is 0.0405. The fourth-order valence-corrected chi connectivity index (χ4v) is 5.74. The van der Waals surface area contributed by atoms with E-state index >= 15 is 0 Å². The van der Waals surface area contributed by atoms with Crippen LogP contribution in [0, 0.1) is 0 Å². The smallest absolute Gasteiger partial charge is 0.255 e. The summed E-state index contributed by atoms with van der Waals surface area (Å²) in [7, 11) is 0.